The Morgan fingerprint density at radius 1 is 1.38 bits per heavy atom. The molecule has 21 heavy (non-hydrogen) atoms. The molecule has 2 aromatic rings. The zero-order valence-electron chi connectivity index (χ0n) is 11.4. The minimum Gasteiger partial charge on any atom is -0.311 e. The van der Waals surface area contributed by atoms with Crippen LogP contribution in [0.1, 0.15) is 22.1 Å². The van der Waals surface area contributed by atoms with Gasteiger partial charge in [-0.25, -0.2) is 4.98 Å². The number of thioether (sulfide) groups is 1. The van der Waals surface area contributed by atoms with Crippen LogP contribution in [-0.4, -0.2) is 23.2 Å². The third kappa shape index (κ3) is 2.47. The van der Waals surface area contributed by atoms with Crippen molar-refractivity contribution in [1.82, 2.24) is 10.3 Å². The van der Waals surface area contributed by atoms with Crippen LogP contribution in [0.4, 0.5) is 5.13 Å². The molecule has 1 aromatic heterocycles. The quantitative estimate of drug-likeness (QED) is 0.894. The first-order valence-corrected chi connectivity index (χ1v) is 8.83. The highest BCUT2D eigenvalue weighted by Gasteiger charge is 2.29. The molecular weight excluding hydrogens is 302 g/mol. The molecule has 1 aromatic carbocycles. The Hall–Kier alpha value is -1.37. The maximum atomic E-state index is 12.5. The van der Waals surface area contributed by atoms with Gasteiger partial charge in [0.05, 0.1) is 11.6 Å². The molecular formula is C15H15N3OS2. The van der Waals surface area contributed by atoms with Crippen molar-refractivity contribution in [2.24, 2.45) is 0 Å². The van der Waals surface area contributed by atoms with Crippen molar-refractivity contribution in [3.63, 3.8) is 0 Å². The Labute approximate surface area is 131 Å². The number of hydrogen-bond donors (Lipinski definition) is 2. The number of thiazole rings is 1. The zero-order valence-corrected chi connectivity index (χ0v) is 13.0. The SMILES string of the molecule is O=C(Nc1nc2c(s1)CNCC2)C1CSc2ccccc21. The van der Waals surface area contributed by atoms with Gasteiger partial charge in [0.2, 0.25) is 5.91 Å². The first-order valence-electron chi connectivity index (χ1n) is 7.03. The van der Waals surface area contributed by atoms with Gasteiger partial charge < -0.3 is 10.6 Å². The molecule has 2 aliphatic rings. The van der Waals surface area contributed by atoms with Crippen LogP contribution in [0.2, 0.25) is 0 Å². The van der Waals surface area contributed by atoms with E-state index in [1.807, 2.05) is 12.1 Å². The van der Waals surface area contributed by atoms with Crippen LogP contribution in [0.5, 0.6) is 0 Å². The molecule has 4 rings (SSSR count). The van der Waals surface area contributed by atoms with E-state index in [1.54, 1.807) is 23.1 Å². The van der Waals surface area contributed by atoms with Crippen molar-refractivity contribution in [1.29, 1.82) is 0 Å². The Morgan fingerprint density at radius 2 is 2.29 bits per heavy atom. The first-order chi connectivity index (χ1) is 10.3. The van der Waals surface area contributed by atoms with Crippen molar-refractivity contribution in [2.75, 3.05) is 17.6 Å². The number of benzene rings is 1. The molecule has 0 radical (unpaired) electrons. The molecule has 2 aliphatic heterocycles. The summed E-state index contributed by atoms with van der Waals surface area (Å²) in [6.07, 6.45) is 0.948. The van der Waals surface area contributed by atoms with E-state index in [9.17, 15) is 4.79 Å². The molecule has 6 heteroatoms. The summed E-state index contributed by atoms with van der Waals surface area (Å²) in [5, 5.41) is 7.08. The Morgan fingerprint density at radius 3 is 3.19 bits per heavy atom. The summed E-state index contributed by atoms with van der Waals surface area (Å²) in [6, 6.07) is 8.16. The van der Waals surface area contributed by atoms with Gasteiger partial charge >= 0.3 is 0 Å². The van der Waals surface area contributed by atoms with Gasteiger partial charge in [-0.3, -0.25) is 4.79 Å². The van der Waals surface area contributed by atoms with Crippen molar-refractivity contribution in [2.45, 2.75) is 23.8 Å². The number of amides is 1. The van der Waals surface area contributed by atoms with Gasteiger partial charge in [0.1, 0.15) is 0 Å². The predicted octanol–water partition coefficient (Wildman–Crippen LogP) is 2.62. The smallest absolute Gasteiger partial charge is 0.234 e. The Kier molecular flexibility index (Phi) is 3.45. The van der Waals surface area contributed by atoms with Gasteiger partial charge in [-0.05, 0) is 11.6 Å². The average molecular weight is 317 g/mol. The van der Waals surface area contributed by atoms with Gasteiger partial charge in [0, 0.05) is 35.0 Å². The van der Waals surface area contributed by atoms with Gasteiger partial charge in [0.25, 0.3) is 0 Å². The van der Waals surface area contributed by atoms with Crippen LogP contribution in [-0.2, 0) is 17.8 Å². The topological polar surface area (TPSA) is 54.0 Å². The van der Waals surface area contributed by atoms with E-state index in [-0.39, 0.29) is 11.8 Å². The van der Waals surface area contributed by atoms with Crippen molar-refractivity contribution in [3.8, 4) is 0 Å². The Balaban J connectivity index is 1.53. The second-order valence-electron chi connectivity index (χ2n) is 5.21. The molecule has 1 atom stereocenters. The van der Waals surface area contributed by atoms with Crippen LogP contribution in [0.3, 0.4) is 0 Å². The summed E-state index contributed by atoms with van der Waals surface area (Å²) >= 11 is 3.35. The van der Waals surface area contributed by atoms with Gasteiger partial charge in [-0.2, -0.15) is 0 Å². The summed E-state index contributed by atoms with van der Waals surface area (Å²) in [5.74, 6) is 0.814. The van der Waals surface area contributed by atoms with Crippen LogP contribution in [0.15, 0.2) is 29.2 Å². The number of hydrogen-bond acceptors (Lipinski definition) is 5. The molecule has 0 spiro atoms. The van der Waals surface area contributed by atoms with E-state index < -0.39 is 0 Å². The molecule has 0 fully saturated rings. The third-order valence-electron chi connectivity index (χ3n) is 3.85. The number of carbonyl (C=O) groups excluding carboxylic acids is 1. The molecule has 108 valence electrons. The number of anilines is 1. The third-order valence-corrected chi connectivity index (χ3v) is 6.04. The number of fused-ring (bicyclic) bond motifs is 2. The van der Waals surface area contributed by atoms with E-state index in [0.717, 1.165) is 41.7 Å². The maximum Gasteiger partial charge on any atom is 0.234 e. The summed E-state index contributed by atoms with van der Waals surface area (Å²) in [5.41, 5.74) is 2.28. The second kappa shape index (κ2) is 5.44. The molecule has 0 aliphatic carbocycles. The average Bonchev–Trinajstić information content (AvgIpc) is 3.10. The van der Waals surface area contributed by atoms with Crippen molar-refractivity contribution < 1.29 is 4.79 Å². The van der Waals surface area contributed by atoms with Gasteiger partial charge in [-0.15, -0.1) is 23.1 Å². The van der Waals surface area contributed by atoms with E-state index >= 15 is 0 Å². The van der Waals surface area contributed by atoms with Crippen LogP contribution < -0.4 is 10.6 Å². The lowest BCUT2D eigenvalue weighted by Crippen LogP contribution is -2.22. The number of nitrogens with one attached hydrogen (secondary N) is 2. The minimum atomic E-state index is -0.0646. The fourth-order valence-corrected chi connectivity index (χ4v) is 4.96. The van der Waals surface area contributed by atoms with Gasteiger partial charge in [0.15, 0.2) is 5.13 Å². The highest BCUT2D eigenvalue weighted by atomic mass is 32.2. The largest absolute Gasteiger partial charge is 0.311 e. The lowest BCUT2D eigenvalue weighted by molar-refractivity contribution is -0.117. The molecule has 0 saturated heterocycles. The molecule has 3 heterocycles. The van der Waals surface area contributed by atoms with Gasteiger partial charge in [-0.1, -0.05) is 18.2 Å². The maximum absolute atomic E-state index is 12.5. The van der Waals surface area contributed by atoms with Crippen LogP contribution in [0, 0.1) is 0 Å². The number of carbonyl (C=O) groups is 1. The fraction of sp³-hybridized carbons (Fsp3) is 0.333. The van der Waals surface area contributed by atoms with Crippen molar-refractivity contribution >= 4 is 34.1 Å². The fourth-order valence-electron chi connectivity index (χ4n) is 2.75. The summed E-state index contributed by atoms with van der Waals surface area (Å²) in [6.45, 7) is 1.84. The summed E-state index contributed by atoms with van der Waals surface area (Å²) in [4.78, 5) is 19.5. The van der Waals surface area contributed by atoms with E-state index in [1.165, 1.54) is 9.77 Å². The lowest BCUT2D eigenvalue weighted by Gasteiger charge is -2.09. The monoisotopic (exact) mass is 317 g/mol. The molecule has 0 saturated carbocycles. The second-order valence-corrected chi connectivity index (χ2v) is 7.35. The molecule has 0 bridgehead atoms. The highest BCUT2D eigenvalue weighted by Crippen LogP contribution is 2.40. The predicted molar refractivity (Wildman–Crippen MR) is 86.1 cm³/mol. The minimum absolute atomic E-state index is 0.0616. The number of aromatic nitrogens is 1. The lowest BCUT2D eigenvalue weighted by atomic mass is 10.0. The van der Waals surface area contributed by atoms with E-state index in [4.69, 9.17) is 0 Å². The molecule has 1 unspecified atom stereocenters. The standard InChI is InChI=1S/C15H15N3OS2/c19-14(10-8-20-12-4-2-1-3-9(10)12)18-15-17-11-5-6-16-7-13(11)21-15/h1-4,10,16H,5-8H2,(H,17,18,19). The molecule has 4 nitrogen and oxygen atoms in total. The molecule has 2 N–H and O–H groups in total. The summed E-state index contributed by atoms with van der Waals surface area (Å²) < 4.78 is 0. The number of rotatable bonds is 2. The first kappa shape index (κ1) is 13.3. The van der Waals surface area contributed by atoms with E-state index in [0.29, 0.717) is 0 Å². The summed E-state index contributed by atoms with van der Waals surface area (Å²) in [7, 11) is 0. The Bertz CT molecular complexity index is 674. The molecule has 1 amide bonds. The van der Waals surface area contributed by atoms with Crippen molar-refractivity contribution in [3.05, 3.63) is 40.4 Å². The zero-order chi connectivity index (χ0) is 14.2. The van der Waals surface area contributed by atoms with Crippen LogP contribution >= 0.6 is 23.1 Å². The number of nitrogens with zero attached hydrogens (tertiary/aromatic N) is 1. The van der Waals surface area contributed by atoms with E-state index in [2.05, 4.69) is 27.8 Å². The van der Waals surface area contributed by atoms with Crippen LogP contribution in [0.25, 0.3) is 0 Å². The highest BCUT2D eigenvalue weighted by molar-refractivity contribution is 7.99. The normalized spacial score (nSPS) is 19.9.